The van der Waals surface area contributed by atoms with Crippen LogP contribution in [0.5, 0.6) is 5.75 Å². The van der Waals surface area contributed by atoms with E-state index in [-0.39, 0.29) is 17.0 Å². The first-order valence-corrected chi connectivity index (χ1v) is 9.03. The number of amidine groups is 1. The van der Waals surface area contributed by atoms with Gasteiger partial charge in [-0.3, -0.25) is 4.99 Å². The Balaban J connectivity index is 0.00000176. The van der Waals surface area contributed by atoms with Gasteiger partial charge in [0.05, 0.1) is 18.7 Å². The molecule has 0 saturated heterocycles. The summed E-state index contributed by atoms with van der Waals surface area (Å²) in [5.41, 5.74) is 0. The Morgan fingerprint density at radius 2 is 2.00 bits per heavy atom. The summed E-state index contributed by atoms with van der Waals surface area (Å²) in [7, 11) is 0. The lowest BCUT2D eigenvalue weighted by molar-refractivity contribution is 0.319. The number of ether oxygens (including phenoxy) is 1. The molecule has 2 atom stereocenters. The van der Waals surface area contributed by atoms with Gasteiger partial charge in [0.1, 0.15) is 5.75 Å². The number of thioether (sulfide) groups is 1. The lowest BCUT2D eigenvalue weighted by Crippen LogP contribution is -2.36. The van der Waals surface area contributed by atoms with Crippen LogP contribution in [-0.4, -0.2) is 29.6 Å². The van der Waals surface area contributed by atoms with Crippen molar-refractivity contribution in [3.63, 3.8) is 0 Å². The third-order valence-corrected chi connectivity index (χ3v) is 5.17. The van der Waals surface area contributed by atoms with Gasteiger partial charge in [-0.1, -0.05) is 36.2 Å². The molecule has 122 valence electrons. The number of nitrogens with one attached hydrogen (secondary N) is 1. The molecule has 2 aliphatic rings. The van der Waals surface area contributed by atoms with Crippen molar-refractivity contribution in [2.75, 3.05) is 12.4 Å². The predicted octanol–water partition coefficient (Wildman–Crippen LogP) is 4.69. The lowest BCUT2D eigenvalue weighted by Gasteiger charge is -2.23. The van der Waals surface area contributed by atoms with Crippen LogP contribution >= 0.6 is 40.3 Å². The second-order valence-electron chi connectivity index (χ2n) is 5.54. The molecule has 1 aliphatic carbocycles. The lowest BCUT2D eigenvalue weighted by atomic mass is 9.92. The highest BCUT2D eigenvalue weighted by Crippen LogP contribution is 2.27. The summed E-state index contributed by atoms with van der Waals surface area (Å²) in [6.07, 6.45) is 6.22. The van der Waals surface area contributed by atoms with Crippen molar-refractivity contribution in [2.45, 2.75) is 44.2 Å². The summed E-state index contributed by atoms with van der Waals surface area (Å²) < 4.78 is 5.69. The first-order chi connectivity index (χ1) is 10.3. The van der Waals surface area contributed by atoms with Crippen LogP contribution in [0.25, 0.3) is 0 Å². The van der Waals surface area contributed by atoms with Gasteiger partial charge < -0.3 is 10.1 Å². The molecule has 1 aliphatic heterocycles. The number of halogens is 2. The van der Waals surface area contributed by atoms with E-state index in [0.717, 1.165) is 34.7 Å². The minimum atomic E-state index is 0. The second-order valence-corrected chi connectivity index (χ2v) is 7.06. The molecule has 1 fully saturated rings. The fourth-order valence-electron chi connectivity index (χ4n) is 2.81. The van der Waals surface area contributed by atoms with Gasteiger partial charge in [-0.25, -0.2) is 0 Å². The zero-order chi connectivity index (χ0) is 14.5. The maximum absolute atomic E-state index is 5.84. The average molecular weight is 406 g/mol. The molecule has 0 amide bonds. The number of benzene rings is 1. The first-order valence-electron chi connectivity index (χ1n) is 7.67. The quantitative estimate of drug-likeness (QED) is 0.721. The topological polar surface area (TPSA) is 33.6 Å². The second kappa shape index (κ2) is 9.04. The Kier molecular flexibility index (Phi) is 7.38. The number of rotatable bonds is 5. The van der Waals surface area contributed by atoms with Crippen molar-refractivity contribution in [1.82, 2.24) is 5.32 Å². The highest BCUT2D eigenvalue weighted by atomic mass is 79.9. The highest BCUT2D eigenvalue weighted by Gasteiger charge is 2.30. The van der Waals surface area contributed by atoms with E-state index in [1.54, 1.807) is 0 Å². The molecule has 22 heavy (non-hydrogen) atoms. The van der Waals surface area contributed by atoms with Crippen LogP contribution in [-0.2, 0) is 0 Å². The average Bonchev–Trinajstić information content (AvgIpc) is 2.91. The molecule has 3 rings (SSSR count). The molecule has 1 aromatic carbocycles. The Morgan fingerprint density at radius 1 is 1.23 bits per heavy atom. The number of hydrogen-bond donors (Lipinski definition) is 1. The number of fused-ring (bicyclic) bond motifs is 1. The smallest absolute Gasteiger partial charge is 0.157 e. The molecule has 1 saturated carbocycles. The van der Waals surface area contributed by atoms with Gasteiger partial charge in [0.25, 0.3) is 0 Å². The van der Waals surface area contributed by atoms with Crippen molar-refractivity contribution >= 4 is 45.5 Å². The number of aliphatic imine (C=N–C) groups is 1. The molecular weight excluding hydrogens is 384 g/mol. The van der Waals surface area contributed by atoms with Crippen molar-refractivity contribution in [3.05, 3.63) is 29.3 Å². The molecule has 1 N–H and O–H groups in total. The third-order valence-electron chi connectivity index (χ3n) is 3.93. The van der Waals surface area contributed by atoms with Crippen molar-refractivity contribution in [1.29, 1.82) is 0 Å². The van der Waals surface area contributed by atoms with E-state index in [2.05, 4.69) is 5.32 Å². The third kappa shape index (κ3) is 5.07. The maximum Gasteiger partial charge on any atom is 0.157 e. The fraction of sp³-hybridized carbons (Fsp3) is 0.562. The number of hydrogen-bond acceptors (Lipinski definition) is 4. The van der Waals surface area contributed by atoms with E-state index in [0.29, 0.717) is 12.1 Å². The van der Waals surface area contributed by atoms with Crippen LogP contribution in [0.3, 0.4) is 0 Å². The van der Waals surface area contributed by atoms with Crippen molar-refractivity contribution in [3.8, 4) is 5.75 Å². The summed E-state index contributed by atoms with van der Waals surface area (Å²) in [5, 5.41) is 5.44. The van der Waals surface area contributed by atoms with E-state index < -0.39 is 0 Å². The van der Waals surface area contributed by atoms with Crippen LogP contribution in [0.4, 0.5) is 0 Å². The van der Waals surface area contributed by atoms with Gasteiger partial charge in [0.15, 0.2) is 5.17 Å². The van der Waals surface area contributed by atoms with E-state index in [1.165, 1.54) is 25.7 Å². The van der Waals surface area contributed by atoms with E-state index in [9.17, 15) is 0 Å². The van der Waals surface area contributed by atoms with Gasteiger partial charge in [-0.15, -0.1) is 17.0 Å². The van der Waals surface area contributed by atoms with Crippen LogP contribution in [0.1, 0.15) is 32.1 Å². The van der Waals surface area contributed by atoms with Crippen molar-refractivity contribution < 1.29 is 4.74 Å². The van der Waals surface area contributed by atoms with Gasteiger partial charge in [-0.2, -0.15) is 0 Å². The molecular formula is C16H22BrClN2OS. The largest absolute Gasteiger partial charge is 0.494 e. The van der Waals surface area contributed by atoms with Crippen LogP contribution < -0.4 is 10.1 Å². The van der Waals surface area contributed by atoms with E-state index in [1.807, 2.05) is 36.0 Å². The maximum atomic E-state index is 5.84. The summed E-state index contributed by atoms with van der Waals surface area (Å²) in [6, 6.07) is 8.65. The van der Waals surface area contributed by atoms with Crippen LogP contribution in [0, 0.1) is 0 Å². The van der Waals surface area contributed by atoms with Crippen LogP contribution in [0.2, 0.25) is 5.02 Å². The molecule has 3 nitrogen and oxygen atoms in total. The van der Waals surface area contributed by atoms with Gasteiger partial charge in [0.2, 0.25) is 0 Å². The Morgan fingerprint density at radius 3 is 2.77 bits per heavy atom. The predicted molar refractivity (Wildman–Crippen MR) is 101 cm³/mol. The molecule has 0 radical (unpaired) electrons. The standard InChI is InChI=1S/C16H21ClN2OS.BrH/c17-12-6-8-13(9-7-12)20-10-3-11-21-16-18-14-4-1-2-5-15(14)19-16;/h6-9,14-15H,1-5,10-11H2,(H,18,19);1H. The summed E-state index contributed by atoms with van der Waals surface area (Å²) in [4.78, 5) is 4.79. The molecule has 2 unspecified atom stereocenters. The van der Waals surface area contributed by atoms with Gasteiger partial charge in [0, 0.05) is 10.8 Å². The van der Waals surface area contributed by atoms with E-state index in [4.69, 9.17) is 21.3 Å². The monoisotopic (exact) mass is 404 g/mol. The Hall–Kier alpha value is -0.390. The molecule has 0 aromatic heterocycles. The SMILES string of the molecule is Br.Clc1ccc(OCCCSC2=NC3CCCCC3N2)cc1. The van der Waals surface area contributed by atoms with Crippen molar-refractivity contribution in [2.24, 2.45) is 4.99 Å². The van der Waals surface area contributed by atoms with Gasteiger partial charge >= 0.3 is 0 Å². The molecule has 6 heteroatoms. The summed E-state index contributed by atoms with van der Waals surface area (Å²) in [6.45, 7) is 0.731. The van der Waals surface area contributed by atoms with E-state index >= 15 is 0 Å². The number of nitrogens with zero attached hydrogens (tertiary/aromatic N) is 1. The minimum Gasteiger partial charge on any atom is -0.494 e. The normalized spacial score (nSPS) is 23.0. The van der Waals surface area contributed by atoms with Crippen LogP contribution in [0.15, 0.2) is 29.3 Å². The highest BCUT2D eigenvalue weighted by molar-refractivity contribution is 8.93. The Labute approximate surface area is 152 Å². The molecule has 1 aromatic rings. The zero-order valence-electron chi connectivity index (χ0n) is 12.5. The summed E-state index contributed by atoms with van der Waals surface area (Å²) in [5.74, 6) is 1.92. The molecule has 0 bridgehead atoms. The molecule has 0 spiro atoms. The fourth-order valence-corrected chi connectivity index (χ4v) is 3.83. The molecule has 1 heterocycles. The first kappa shape index (κ1) is 18.0. The Bertz CT molecular complexity index is 497. The zero-order valence-corrected chi connectivity index (χ0v) is 15.7. The summed E-state index contributed by atoms with van der Waals surface area (Å²) >= 11 is 7.67. The minimum absolute atomic E-state index is 0. The van der Waals surface area contributed by atoms with Gasteiger partial charge in [-0.05, 0) is 43.5 Å².